The summed E-state index contributed by atoms with van der Waals surface area (Å²) in [7, 11) is 0. The molecule has 0 spiro atoms. The van der Waals surface area contributed by atoms with E-state index >= 15 is 0 Å². The van der Waals surface area contributed by atoms with Gasteiger partial charge in [-0.2, -0.15) is 0 Å². The molecule has 4 N–H and O–H groups in total. The van der Waals surface area contributed by atoms with Crippen molar-refractivity contribution in [3.63, 3.8) is 0 Å². The van der Waals surface area contributed by atoms with E-state index in [1.54, 1.807) is 6.07 Å². The SMILES string of the molecule is C#C/C=C\C=C(\F)Cc1nc2c(cc1F)c(=O)[nH]c(=O)n2-c1c(NCCCN)cccc1C(C)C. The molecule has 2 heterocycles. The number of aromatic nitrogens is 3. The molecule has 0 saturated carbocycles. The lowest BCUT2D eigenvalue weighted by Crippen LogP contribution is -2.31. The normalized spacial score (nSPS) is 12.0. The van der Waals surface area contributed by atoms with Crippen molar-refractivity contribution in [2.75, 3.05) is 18.4 Å². The van der Waals surface area contributed by atoms with Gasteiger partial charge < -0.3 is 11.1 Å². The molecule has 0 atom stereocenters. The summed E-state index contributed by atoms with van der Waals surface area (Å²) in [4.78, 5) is 32.2. The molecule has 35 heavy (non-hydrogen) atoms. The van der Waals surface area contributed by atoms with Crippen molar-refractivity contribution in [3.05, 3.63) is 86.2 Å². The predicted molar refractivity (Wildman–Crippen MR) is 135 cm³/mol. The van der Waals surface area contributed by atoms with Crippen molar-refractivity contribution in [1.82, 2.24) is 14.5 Å². The maximum absolute atomic E-state index is 14.8. The van der Waals surface area contributed by atoms with Crippen molar-refractivity contribution in [2.24, 2.45) is 5.73 Å². The lowest BCUT2D eigenvalue weighted by molar-refractivity contribution is 0.570. The number of allylic oxidation sites excluding steroid dienone is 4. The van der Waals surface area contributed by atoms with Gasteiger partial charge in [0, 0.05) is 13.0 Å². The summed E-state index contributed by atoms with van der Waals surface area (Å²) in [5, 5.41) is 3.14. The van der Waals surface area contributed by atoms with Crippen molar-refractivity contribution >= 4 is 16.7 Å². The number of anilines is 1. The zero-order valence-electron chi connectivity index (χ0n) is 19.6. The van der Waals surface area contributed by atoms with Gasteiger partial charge in [-0.15, -0.1) is 6.42 Å². The summed E-state index contributed by atoms with van der Waals surface area (Å²) in [6.45, 7) is 4.96. The molecule has 3 rings (SSSR count). The van der Waals surface area contributed by atoms with E-state index in [0.717, 1.165) is 17.7 Å². The smallest absolute Gasteiger partial charge is 0.334 e. The Labute approximate surface area is 201 Å². The number of fused-ring (bicyclic) bond motifs is 1. The van der Waals surface area contributed by atoms with Gasteiger partial charge in [0.25, 0.3) is 5.56 Å². The number of nitrogens with one attached hydrogen (secondary N) is 2. The number of benzene rings is 1. The Kier molecular flexibility index (Phi) is 8.34. The number of hydrogen-bond acceptors (Lipinski definition) is 5. The van der Waals surface area contributed by atoms with Crippen LogP contribution in [0.5, 0.6) is 0 Å². The lowest BCUT2D eigenvalue weighted by Gasteiger charge is -2.21. The molecule has 0 fully saturated rings. The molecule has 0 radical (unpaired) electrons. The molecule has 0 bridgehead atoms. The molecule has 0 aliphatic heterocycles. The fourth-order valence-corrected chi connectivity index (χ4v) is 3.67. The van der Waals surface area contributed by atoms with Crippen LogP contribution in [0.1, 0.15) is 37.4 Å². The Bertz CT molecular complexity index is 1450. The van der Waals surface area contributed by atoms with Gasteiger partial charge in [-0.25, -0.2) is 23.1 Å². The summed E-state index contributed by atoms with van der Waals surface area (Å²) >= 11 is 0. The molecular weight excluding hydrogens is 452 g/mol. The second-order valence-corrected chi connectivity index (χ2v) is 8.17. The minimum absolute atomic E-state index is 0.00150. The van der Waals surface area contributed by atoms with Crippen LogP contribution in [0.3, 0.4) is 0 Å². The highest BCUT2D eigenvalue weighted by Crippen LogP contribution is 2.31. The molecule has 0 amide bonds. The molecular formula is C26H27F2N5O2. The number of aromatic amines is 1. The summed E-state index contributed by atoms with van der Waals surface area (Å²) in [6, 6.07) is 6.48. The van der Waals surface area contributed by atoms with Gasteiger partial charge in [0.1, 0.15) is 11.6 Å². The number of pyridine rings is 1. The van der Waals surface area contributed by atoms with E-state index in [1.165, 1.54) is 16.7 Å². The molecule has 9 heteroatoms. The fourth-order valence-electron chi connectivity index (χ4n) is 3.67. The fraction of sp³-hybridized carbons (Fsp3) is 0.269. The predicted octanol–water partition coefficient (Wildman–Crippen LogP) is 3.68. The molecule has 0 unspecified atom stereocenters. The minimum Gasteiger partial charge on any atom is -0.383 e. The topological polar surface area (TPSA) is 106 Å². The van der Waals surface area contributed by atoms with Crippen molar-refractivity contribution < 1.29 is 8.78 Å². The van der Waals surface area contributed by atoms with Crippen LogP contribution in [0, 0.1) is 18.2 Å². The van der Waals surface area contributed by atoms with E-state index in [2.05, 4.69) is 21.2 Å². The zero-order valence-corrected chi connectivity index (χ0v) is 19.6. The van der Waals surface area contributed by atoms with Crippen LogP contribution in [0.15, 0.2) is 57.9 Å². The summed E-state index contributed by atoms with van der Waals surface area (Å²) in [6.07, 6.45) is 9.02. The van der Waals surface area contributed by atoms with E-state index in [-0.39, 0.29) is 22.6 Å². The highest BCUT2D eigenvalue weighted by Gasteiger charge is 2.21. The third-order valence-corrected chi connectivity index (χ3v) is 5.32. The maximum Gasteiger partial charge on any atom is 0.334 e. The quantitative estimate of drug-likeness (QED) is 0.247. The highest BCUT2D eigenvalue weighted by atomic mass is 19.1. The number of nitrogens with zero attached hydrogens (tertiary/aromatic N) is 2. The molecule has 2 aromatic heterocycles. The first-order valence-electron chi connectivity index (χ1n) is 11.2. The van der Waals surface area contributed by atoms with Crippen LogP contribution in [0.4, 0.5) is 14.5 Å². The van der Waals surface area contributed by atoms with E-state index in [0.29, 0.717) is 30.9 Å². The third kappa shape index (κ3) is 5.73. The second kappa shape index (κ2) is 11.4. The van der Waals surface area contributed by atoms with Gasteiger partial charge in [0.15, 0.2) is 5.65 Å². The number of nitrogens with two attached hydrogens (primary N) is 1. The number of H-pyrrole nitrogens is 1. The van der Waals surface area contributed by atoms with Gasteiger partial charge >= 0.3 is 5.69 Å². The molecule has 182 valence electrons. The van der Waals surface area contributed by atoms with E-state index in [9.17, 15) is 18.4 Å². The Balaban J connectivity index is 2.31. The van der Waals surface area contributed by atoms with Gasteiger partial charge in [0.05, 0.1) is 22.5 Å². The standard InChI is InChI=1S/C26H27F2N5O2/c1-4-5-6-9-17(27)14-22-20(28)15-19-24(31-22)33(26(35)32-25(19)34)23-18(16(2)3)10-7-11-21(23)30-13-8-12-29/h1,5-7,9-11,15-16,30H,8,12-14,29H2,2-3H3,(H,32,34,35)/b6-5-,17-9+. The van der Waals surface area contributed by atoms with E-state index in [4.69, 9.17) is 12.2 Å². The van der Waals surface area contributed by atoms with E-state index in [1.807, 2.05) is 26.0 Å². The van der Waals surface area contributed by atoms with Crippen LogP contribution in [-0.4, -0.2) is 27.6 Å². The average Bonchev–Trinajstić information content (AvgIpc) is 2.81. The Morgan fingerprint density at radius 3 is 2.83 bits per heavy atom. The van der Waals surface area contributed by atoms with Gasteiger partial charge in [-0.3, -0.25) is 9.78 Å². The summed E-state index contributed by atoms with van der Waals surface area (Å²) < 4.78 is 30.4. The van der Waals surface area contributed by atoms with Crippen LogP contribution in [-0.2, 0) is 6.42 Å². The Hall–Kier alpha value is -4.03. The highest BCUT2D eigenvalue weighted by molar-refractivity contribution is 5.79. The van der Waals surface area contributed by atoms with Gasteiger partial charge in [-0.1, -0.05) is 38.0 Å². The Morgan fingerprint density at radius 1 is 1.37 bits per heavy atom. The van der Waals surface area contributed by atoms with Gasteiger partial charge in [0.2, 0.25) is 0 Å². The second-order valence-electron chi connectivity index (χ2n) is 8.17. The molecule has 0 aliphatic carbocycles. The third-order valence-electron chi connectivity index (χ3n) is 5.32. The Morgan fingerprint density at radius 2 is 2.14 bits per heavy atom. The van der Waals surface area contributed by atoms with Crippen LogP contribution >= 0.6 is 0 Å². The van der Waals surface area contributed by atoms with Crippen molar-refractivity contribution in [3.8, 4) is 18.0 Å². The number of halogens is 2. The summed E-state index contributed by atoms with van der Waals surface area (Å²) in [5.74, 6) is 0.674. The molecule has 3 aromatic rings. The summed E-state index contributed by atoms with van der Waals surface area (Å²) in [5.41, 5.74) is 5.67. The average molecular weight is 480 g/mol. The molecule has 0 saturated heterocycles. The van der Waals surface area contributed by atoms with Crippen LogP contribution < -0.4 is 22.3 Å². The van der Waals surface area contributed by atoms with E-state index < -0.39 is 29.3 Å². The van der Waals surface area contributed by atoms with Crippen molar-refractivity contribution in [1.29, 1.82) is 0 Å². The lowest BCUT2D eigenvalue weighted by atomic mass is 9.99. The number of hydrogen-bond donors (Lipinski definition) is 3. The van der Waals surface area contributed by atoms with Crippen molar-refractivity contribution in [2.45, 2.75) is 32.6 Å². The maximum atomic E-state index is 14.8. The number of rotatable bonds is 9. The largest absolute Gasteiger partial charge is 0.383 e. The van der Waals surface area contributed by atoms with Crippen LogP contribution in [0.25, 0.3) is 16.7 Å². The zero-order chi connectivity index (χ0) is 25.5. The molecule has 1 aromatic carbocycles. The molecule has 7 nitrogen and oxygen atoms in total. The first kappa shape index (κ1) is 25.6. The minimum atomic E-state index is -0.865. The number of terminal acetylenes is 1. The molecule has 0 aliphatic rings. The van der Waals surface area contributed by atoms with Crippen LogP contribution in [0.2, 0.25) is 0 Å². The monoisotopic (exact) mass is 479 g/mol. The first-order valence-corrected chi connectivity index (χ1v) is 11.2. The first-order chi connectivity index (χ1) is 16.8. The van der Waals surface area contributed by atoms with Gasteiger partial charge in [-0.05, 0) is 48.7 Å². The number of para-hydroxylation sites is 1.